The van der Waals surface area contributed by atoms with Gasteiger partial charge in [0.1, 0.15) is 0 Å². The van der Waals surface area contributed by atoms with Crippen LogP contribution in [0.5, 0.6) is 0 Å². The summed E-state index contributed by atoms with van der Waals surface area (Å²) in [7, 11) is 0. The highest BCUT2D eigenvalue weighted by Crippen LogP contribution is 2.38. The minimum absolute atomic E-state index is 0.0722. The summed E-state index contributed by atoms with van der Waals surface area (Å²) >= 11 is 26.0. The van der Waals surface area contributed by atoms with Gasteiger partial charge in [-0.25, -0.2) is 0 Å². The predicted molar refractivity (Wildman–Crippen MR) is 89.1 cm³/mol. The first kappa shape index (κ1) is 15.4. The quantitative estimate of drug-likeness (QED) is 0.235. The molecule has 0 aliphatic heterocycles. The molecule has 0 aliphatic rings. The Morgan fingerprint density at radius 1 is 0.947 bits per heavy atom. The van der Waals surface area contributed by atoms with Crippen molar-refractivity contribution in [1.29, 1.82) is 0 Å². The maximum Gasteiger partial charge on any atom is 0.196 e. The van der Waals surface area contributed by atoms with Gasteiger partial charge in [-0.3, -0.25) is 4.79 Å². The normalized spacial score (nSPS) is 10.6. The second-order valence-corrected chi connectivity index (χ2v) is 6.50. The molecule has 0 saturated carbocycles. The molecular weight excluding hydrogens is 441 g/mol. The third kappa shape index (κ3) is 3.19. The highest BCUT2D eigenvalue weighted by Gasteiger charge is 2.21. The Kier molecular flexibility index (Phi) is 5.01. The lowest BCUT2D eigenvalue weighted by Crippen LogP contribution is -2.04. The fraction of sp³-hybridized carbons (Fsp3) is 0. The van der Waals surface area contributed by atoms with E-state index in [2.05, 4.69) is 22.6 Å². The summed E-state index contributed by atoms with van der Waals surface area (Å²) in [5.74, 6) is -0.285. The maximum atomic E-state index is 12.4. The van der Waals surface area contributed by atoms with Crippen LogP contribution in [0, 0.1) is 3.57 Å². The van der Waals surface area contributed by atoms with Crippen LogP contribution in [0.1, 0.15) is 15.9 Å². The van der Waals surface area contributed by atoms with Gasteiger partial charge in [-0.2, -0.15) is 0 Å². The van der Waals surface area contributed by atoms with Crippen LogP contribution >= 0.6 is 69.0 Å². The highest BCUT2D eigenvalue weighted by molar-refractivity contribution is 14.1. The van der Waals surface area contributed by atoms with Gasteiger partial charge in [0.15, 0.2) is 5.78 Å². The van der Waals surface area contributed by atoms with Gasteiger partial charge in [-0.15, -0.1) is 0 Å². The second kappa shape index (κ2) is 6.19. The standard InChI is InChI=1S/C13H5Cl4IO/c14-8-5-9(15)11(16)12(17)10(8)13(19)6-2-1-3-7(18)4-6/h1-5H. The first-order valence-corrected chi connectivity index (χ1v) is 7.64. The number of carbonyl (C=O) groups excluding carboxylic acids is 1. The number of halogens is 5. The summed E-state index contributed by atoms with van der Waals surface area (Å²) in [5, 5.41) is 0.601. The van der Waals surface area contributed by atoms with Gasteiger partial charge in [0.2, 0.25) is 0 Å². The summed E-state index contributed by atoms with van der Waals surface area (Å²) in [6.07, 6.45) is 0. The van der Waals surface area contributed by atoms with Crippen molar-refractivity contribution in [2.24, 2.45) is 0 Å². The molecule has 1 nitrogen and oxygen atoms in total. The molecule has 0 fully saturated rings. The molecule has 0 aliphatic carbocycles. The van der Waals surface area contributed by atoms with E-state index < -0.39 is 0 Å². The molecule has 0 bridgehead atoms. The van der Waals surface area contributed by atoms with Gasteiger partial charge in [0.25, 0.3) is 0 Å². The van der Waals surface area contributed by atoms with Gasteiger partial charge < -0.3 is 0 Å². The van der Waals surface area contributed by atoms with Gasteiger partial charge in [-0.1, -0.05) is 58.5 Å². The molecule has 0 radical (unpaired) electrons. The molecule has 0 amide bonds. The number of hydrogen-bond acceptors (Lipinski definition) is 1. The molecule has 98 valence electrons. The molecule has 6 heteroatoms. The Labute approximate surface area is 143 Å². The molecule has 2 aromatic rings. The molecule has 2 aromatic carbocycles. The maximum absolute atomic E-state index is 12.4. The lowest BCUT2D eigenvalue weighted by atomic mass is 10.0. The van der Waals surface area contributed by atoms with Crippen molar-refractivity contribution in [2.75, 3.05) is 0 Å². The third-order valence-electron chi connectivity index (χ3n) is 2.43. The van der Waals surface area contributed by atoms with E-state index in [4.69, 9.17) is 46.4 Å². The minimum atomic E-state index is -0.285. The number of hydrogen-bond donors (Lipinski definition) is 0. The number of carbonyl (C=O) groups is 1. The summed E-state index contributed by atoms with van der Waals surface area (Å²) in [5.41, 5.74) is 0.661. The topological polar surface area (TPSA) is 17.1 Å². The van der Waals surface area contributed by atoms with Crippen LogP contribution in [0.3, 0.4) is 0 Å². The molecule has 19 heavy (non-hydrogen) atoms. The van der Waals surface area contributed by atoms with Gasteiger partial charge in [0.05, 0.1) is 25.7 Å². The molecule has 2 rings (SSSR count). The lowest BCUT2D eigenvalue weighted by molar-refractivity contribution is 0.103. The van der Waals surface area contributed by atoms with Gasteiger partial charge in [-0.05, 0) is 40.8 Å². The van der Waals surface area contributed by atoms with Crippen LogP contribution in [-0.4, -0.2) is 5.78 Å². The van der Waals surface area contributed by atoms with Gasteiger partial charge >= 0.3 is 0 Å². The summed E-state index contributed by atoms with van der Waals surface area (Å²) in [6.45, 7) is 0. The smallest absolute Gasteiger partial charge is 0.196 e. The van der Waals surface area contributed by atoms with Crippen molar-refractivity contribution >= 4 is 74.8 Å². The number of ketones is 1. The highest BCUT2D eigenvalue weighted by atomic mass is 127. The van der Waals surface area contributed by atoms with Crippen molar-refractivity contribution in [3.05, 3.63) is 65.1 Å². The fourth-order valence-corrected chi connectivity index (χ4v) is 3.18. The van der Waals surface area contributed by atoms with Crippen LogP contribution in [0.25, 0.3) is 0 Å². The first-order valence-electron chi connectivity index (χ1n) is 5.05. The van der Waals surface area contributed by atoms with Gasteiger partial charge in [0, 0.05) is 9.13 Å². The van der Waals surface area contributed by atoms with Crippen molar-refractivity contribution in [1.82, 2.24) is 0 Å². The Hall–Kier alpha value is -0.000000000000000167. The van der Waals surface area contributed by atoms with Crippen molar-refractivity contribution in [2.45, 2.75) is 0 Å². The first-order chi connectivity index (χ1) is 8.91. The van der Waals surface area contributed by atoms with E-state index in [1.807, 2.05) is 6.07 Å². The van der Waals surface area contributed by atoms with E-state index in [1.54, 1.807) is 18.2 Å². The number of benzene rings is 2. The zero-order valence-corrected chi connectivity index (χ0v) is 14.4. The Balaban J connectivity index is 2.60. The molecular formula is C13H5Cl4IO. The summed E-state index contributed by atoms with van der Waals surface area (Å²) in [4.78, 5) is 12.4. The van der Waals surface area contributed by atoms with Crippen molar-refractivity contribution in [3.63, 3.8) is 0 Å². The summed E-state index contributed by atoms with van der Waals surface area (Å²) < 4.78 is 0.941. The molecule has 0 heterocycles. The monoisotopic (exact) mass is 444 g/mol. The average Bonchev–Trinajstić information content (AvgIpc) is 2.36. The van der Waals surface area contributed by atoms with E-state index in [1.165, 1.54) is 6.07 Å². The molecule has 0 N–H and O–H groups in total. The lowest BCUT2D eigenvalue weighted by Gasteiger charge is -2.09. The molecule has 0 unspecified atom stereocenters. The van der Waals surface area contributed by atoms with Crippen LogP contribution < -0.4 is 0 Å². The molecule has 0 atom stereocenters. The van der Waals surface area contributed by atoms with Crippen molar-refractivity contribution in [3.8, 4) is 0 Å². The largest absolute Gasteiger partial charge is 0.288 e. The van der Waals surface area contributed by atoms with Crippen LogP contribution in [0.15, 0.2) is 30.3 Å². The van der Waals surface area contributed by atoms with E-state index in [0.29, 0.717) is 5.56 Å². The average molecular weight is 446 g/mol. The third-order valence-corrected chi connectivity index (χ3v) is 4.66. The Morgan fingerprint density at radius 3 is 2.26 bits per heavy atom. The Bertz CT molecular complexity index is 670. The summed E-state index contributed by atoms with van der Waals surface area (Å²) in [6, 6.07) is 8.53. The van der Waals surface area contributed by atoms with E-state index in [-0.39, 0.29) is 31.4 Å². The van der Waals surface area contributed by atoms with E-state index >= 15 is 0 Å². The van der Waals surface area contributed by atoms with E-state index in [9.17, 15) is 4.79 Å². The zero-order chi connectivity index (χ0) is 14.2. The minimum Gasteiger partial charge on any atom is -0.288 e. The molecule has 0 aromatic heterocycles. The van der Waals surface area contributed by atoms with E-state index in [0.717, 1.165) is 3.57 Å². The predicted octanol–water partition coefficient (Wildman–Crippen LogP) is 6.14. The Morgan fingerprint density at radius 2 is 1.63 bits per heavy atom. The number of rotatable bonds is 2. The fourth-order valence-electron chi connectivity index (χ4n) is 1.55. The molecule has 0 saturated heterocycles. The SMILES string of the molecule is O=C(c1cccc(I)c1)c1c(Cl)cc(Cl)c(Cl)c1Cl. The molecule has 0 spiro atoms. The van der Waals surface area contributed by atoms with Crippen molar-refractivity contribution < 1.29 is 4.79 Å². The van der Waals surface area contributed by atoms with Crippen LogP contribution in [0.4, 0.5) is 0 Å². The second-order valence-electron chi connectivity index (χ2n) is 3.68. The zero-order valence-electron chi connectivity index (χ0n) is 9.18. The van der Waals surface area contributed by atoms with Crippen LogP contribution in [-0.2, 0) is 0 Å². The van der Waals surface area contributed by atoms with Crippen LogP contribution in [0.2, 0.25) is 20.1 Å².